The fraction of sp³-hybridized carbons (Fsp3) is 0.368. The molecule has 2 aromatic rings. The molecule has 0 aliphatic heterocycles. The molecule has 0 atom stereocenters. The summed E-state index contributed by atoms with van der Waals surface area (Å²) in [6, 6.07) is 8.70. The van der Waals surface area contributed by atoms with Gasteiger partial charge >= 0.3 is 0 Å². The lowest BCUT2D eigenvalue weighted by Crippen LogP contribution is -2.16. The molecule has 7 heteroatoms. The van der Waals surface area contributed by atoms with Crippen LogP contribution in [0.25, 0.3) is 0 Å². The molecule has 0 saturated carbocycles. The van der Waals surface area contributed by atoms with Gasteiger partial charge in [0, 0.05) is 18.2 Å². The largest absolute Gasteiger partial charge is 0.497 e. The van der Waals surface area contributed by atoms with Crippen LogP contribution in [0.3, 0.4) is 0 Å². The van der Waals surface area contributed by atoms with Gasteiger partial charge in [0.1, 0.15) is 17.3 Å². The average molecular weight is 358 g/mol. The van der Waals surface area contributed by atoms with Gasteiger partial charge in [0.2, 0.25) is 0 Å². The number of carbonyl (C=O) groups excluding carboxylic acids is 1. The van der Waals surface area contributed by atoms with E-state index in [0.29, 0.717) is 22.7 Å². The number of benzene rings is 1. The second-order valence-corrected chi connectivity index (χ2v) is 6.07. The van der Waals surface area contributed by atoms with Crippen molar-refractivity contribution in [2.75, 3.05) is 52.0 Å². The summed E-state index contributed by atoms with van der Waals surface area (Å²) in [5, 5.41) is 6.08. The third-order valence-electron chi connectivity index (χ3n) is 3.72. The number of amides is 1. The van der Waals surface area contributed by atoms with E-state index in [1.54, 1.807) is 38.6 Å². The van der Waals surface area contributed by atoms with Crippen LogP contribution in [0.15, 0.2) is 36.5 Å². The third-order valence-corrected chi connectivity index (χ3v) is 3.72. The minimum Gasteiger partial charge on any atom is -0.497 e. The van der Waals surface area contributed by atoms with E-state index in [1.165, 1.54) is 0 Å². The van der Waals surface area contributed by atoms with E-state index in [1.807, 2.05) is 26.2 Å². The standard InChI is InChI=1S/C19H26N4O3/c1-23(2)9-5-8-20-18-7-6-15(13-21-18)22-19(24)14-10-16(25-3)12-17(11-14)26-4/h6-7,10-13H,5,8-9H2,1-4H3,(H,20,21)(H,22,24). The zero-order chi connectivity index (χ0) is 18.9. The number of anilines is 2. The molecule has 1 amide bonds. The van der Waals surface area contributed by atoms with Crippen molar-refractivity contribution in [1.29, 1.82) is 0 Å². The van der Waals surface area contributed by atoms with Crippen LogP contribution in [0.2, 0.25) is 0 Å². The monoisotopic (exact) mass is 358 g/mol. The van der Waals surface area contributed by atoms with E-state index in [0.717, 1.165) is 25.3 Å². The van der Waals surface area contributed by atoms with Crippen LogP contribution in [0, 0.1) is 0 Å². The number of methoxy groups -OCH3 is 2. The van der Waals surface area contributed by atoms with Crippen molar-refractivity contribution >= 4 is 17.4 Å². The maximum absolute atomic E-state index is 12.4. The molecular formula is C19H26N4O3. The van der Waals surface area contributed by atoms with Crippen molar-refractivity contribution < 1.29 is 14.3 Å². The summed E-state index contributed by atoms with van der Waals surface area (Å²) in [7, 11) is 7.19. The minimum absolute atomic E-state index is 0.254. The van der Waals surface area contributed by atoms with Gasteiger partial charge in [-0.15, -0.1) is 0 Å². The normalized spacial score (nSPS) is 10.5. The maximum atomic E-state index is 12.4. The molecule has 0 radical (unpaired) electrons. The van der Waals surface area contributed by atoms with Gasteiger partial charge in [-0.2, -0.15) is 0 Å². The van der Waals surface area contributed by atoms with Crippen molar-refractivity contribution in [2.24, 2.45) is 0 Å². The maximum Gasteiger partial charge on any atom is 0.255 e. The van der Waals surface area contributed by atoms with Gasteiger partial charge in [0.15, 0.2) is 0 Å². The van der Waals surface area contributed by atoms with Crippen molar-refractivity contribution in [3.05, 3.63) is 42.1 Å². The van der Waals surface area contributed by atoms with Crippen LogP contribution in [0.1, 0.15) is 16.8 Å². The van der Waals surface area contributed by atoms with E-state index >= 15 is 0 Å². The van der Waals surface area contributed by atoms with E-state index in [9.17, 15) is 4.79 Å². The highest BCUT2D eigenvalue weighted by molar-refractivity contribution is 6.04. The van der Waals surface area contributed by atoms with Gasteiger partial charge in [-0.1, -0.05) is 0 Å². The molecule has 1 aromatic heterocycles. The quantitative estimate of drug-likeness (QED) is 0.671. The number of rotatable bonds is 9. The van der Waals surface area contributed by atoms with Gasteiger partial charge in [-0.25, -0.2) is 4.98 Å². The van der Waals surface area contributed by atoms with Crippen molar-refractivity contribution in [2.45, 2.75) is 6.42 Å². The predicted octanol–water partition coefficient (Wildman–Crippen LogP) is 2.71. The van der Waals surface area contributed by atoms with Crippen LogP contribution in [-0.2, 0) is 0 Å². The molecule has 26 heavy (non-hydrogen) atoms. The second kappa shape index (κ2) is 9.62. The molecule has 0 spiro atoms. The summed E-state index contributed by atoms with van der Waals surface area (Å²) >= 11 is 0. The number of nitrogens with one attached hydrogen (secondary N) is 2. The molecular weight excluding hydrogens is 332 g/mol. The molecule has 0 aliphatic rings. The average Bonchev–Trinajstić information content (AvgIpc) is 2.65. The first-order valence-electron chi connectivity index (χ1n) is 8.41. The topological polar surface area (TPSA) is 75.7 Å². The SMILES string of the molecule is COc1cc(OC)cc(C(=O)Nc2ccc(NCCCN(C)C)nc2)c1. The Kier molecular flexibility index (Phi) is 7.23. The smallest absolute Gasteiger partial charge is 0.255 e. The zero-order valence-corrected chi connectivity index (χ0v) is 15.7. The molecule has 2 N–H and O–H groups in total. The minimum atomic E-state index is -0.254. The lowest BCUT2D eigenvalue weighted by atomic mass is 10.2. The number of carbonyl (C=O) groups is 1. The first-order valence-corrected chi connectivity index (χ1v) is 8.41. The Morgan fingerprint density at radius 1 is 1.12 bits per heavy atom. The Bertz CT molecular complexity index is 695. The molecule has 2 rings (SSSR count). The number of nitrogens with zero attached hydrogens (tertiary/aromatic N) is 2. The number of pyridine rings is 1. The van der Waals surface area contributed by atoms with Gasteiger partial charge in [-0.05, 0) is 51.3 Å². The Hall–Kier alpha value is -2.80. The van der Waals surface area contributed by atoms with Crippen molar-refractivity contribution in [3.63, 3.8) is 0 Å². The molecule has 140 valence electrons. The Labute approximate surface area is 154 Å². The van der Waals surface area contributed by atoms with E-state index < -0.39 is 0 Å². The van der Waals surface area contributed by atoms with E-state index in [4.69, 9.17) is 9.47 Å². The summed E-state index contributed by atoms with van der Waals surface area (Å²) in [4.78, 5) is 18.9. The number of ether oxygens (including phenoxy) is 2. The van der Waals surface area contributed by atoms with Crippen molar-refractivity contribution in [1.82, 2.24) is 9.88 Å². The molecule has 1 heterocycles. The highest BCUT2D eigenvalue weighted by atomic mass is 16.5. The van der Waals surface area contributed by atoms with Crippen LogP contribution in [0.4, 0.5) is 11.5 Å². The van der Waals surface area contributed by atoms with Crippen LogP contribution in [-0.4, -0.2) is 57.2 Å². The molecule has 1 aromatic carbocycles. The fourth-order valence-corrected chi connectivity index (χ4v) is 2.33. The summed E-state index contributed by atoms with van der Waals surface area (Å²) in [5.41, 5.74) is 1.07. The summed E-state index contributed by atoms with van der Waals surface area (Å²) in [6.45, 7) is 1.87. The number of hydrogen-bond donors (Lipinski definition) is 2. The van der Waals surface area contributed by atoms with Gasteiger partial charge in [-0.3, -0.25) is 4.79 Å². The van der Waals surface area contributed by atoms with Crippen LogP contribution in [0.5, 0.6) is 11.5 Å². The highest BCUT2D eigenvalue weighted by Gasteiger charge is 2.10. The van der Waals surface area contributed by atoms with Crippen LogP contribution < -0.4 is 20.1 Å². The Balaban J connectivity index is 1.95. The predicted molar refractivity (Wildman–Crippen MR) is 103 cm³/mol. The lowest BCUT2D eigenvalue weighted by molar-refractivity contribution is 0.102. The van der Waals surface area contributed by atoms with Crippen molar-refractivity contribution in [3.8, 4) is 11.5 Å². The number of aromatic nitrogens is 1. The summed E-state index contributed by atoms with van der Waals surface area (Å²) in [6.07, 6.45) is 2.66. The molecule has 7 nitrogen and oxygen atoms in total. The second-order valence-electron chi connectivity index (χ2n) is 6.07. The van der Waals surface area contributed by atoms with Crippen LogP contribution >= 0.6 is 0 Å². The lowest BCUT2D eigenvalue weighted by Gasteiger charge is -2.11. The molecule has 0 bridgehead atoms. The first kappa shape index (κ1) is 19.5. The zero-order valence-electron chi connectivity index (χ0n) is 15.7. The Morgan fingerprint density at radius 3 is 2.35 bits per heavy atom. The third kappa shape index (κ3) is 5.93. The fourth-order valence-electron chi connectivity index (χ4n) is 2.33. The molecule has 0 unspecified atom stereocenters. The van der Waals surface area contributed by atoms with E-state index in [2.05, 4.69) is 20.5 Å². The first-order chi connectivity index (χ1) is 12.5. The molecule has 0 aliphatic carbocycles. The van der Waals surface area contributed by atoms with E-state index in [-0.39, 0.29) is 5.91 Å². The molecule has 0 fully saturated rings. The van der Waals surface area contributed by atoms with Gasteiger partial charge in [0.05, 0.1) is 26.1 Å². The van der Waals surface area contributed by atoms with Gasteiger partial charge in [0.25, 0.3) is 5.91 Å². The Morgan fingerprint density at radius 2 is 1.81 bits per heavy atom. The summed E-state index contributed by atoms with van der Waals surface area (Å²) in [5.74, 6) is 1.65. The highest BCUT2D eigenvalue weighted by Crippen LogP contribution is 2.23. The summed E-state index contributed by atoms with van der Waals surface area (Å²) < 4.78 is 10.4. The molecule has 0 saturated heterocycles. The van der Waals surface area contributed by atoms with Gasteiger partial charge < -0.3 is 25.0 Å². The number of hydrogen-bond acceptors (Lipinski definition) is 6.